The van der Waals surface area contributed by atoms with Crippen molar-refractivity contribution in [3.8, 4) is 28.9 Å². The highest BCUT2D eigenvalue weighted by Crippen LogP contribution is 2.41. The van der Waals surface area contributed by atoms with Crippen molar-refractivity contribution < 1.29 is 38.6 Å². The summed E-state index contributed by atoms with van der Waals surface area (Å²) in [6.07, 6.45) is 2.53. The fourth-order valence-corrected chi connectivity index (χ4v) is 4.12. The van der Waals surface area contributed by atoms with Crippen molar-refractivity contribution >= 4 is 40.3 Å². The molecule has 1 aromatic carbocycles. The topological polar surface area (TPSA) is 151 Å². The molecule has 1 unspecified atom stereocenters. The monoisotopic (exact) mass is 499 g/mol. The van der Waals surface area contributed by atoms with E-state index in [1.165, 1.54) is 55.5 Å². The average Bonchev–Trinajstić information content (AvgIpc) is 3.05. The van der Waals surface area contributed by atoms with Gasteiger partial charge >= 0.3 is 11.9 Å². The van der Waals surface area contributed by atoms with Crippen LogP contribution in [-0.2, 0) is 24.0 Å². The van der Waals surface area contributed by atoms with E-state index in [0.29, 0.717) is 21.6 Å². The van der Waals surface area contributed by atoms with Crippen LogP contribution in [0.1, 0.15) is 25.3 Å². The maximum atomic E-state index is 13.0. The van der Waals surface area contributed by atoms with Gasteiger partial charge < -0.3 is 19.5 Å². The van der Waals surface area contributed by atoms with Gasteiger partial charge in [-0.25, -0.2) is 9.59 Å². The number of rotatable bonds is 4. The quantitative estimate of drug-likeness (QED) is 0.313. The van der Waals surface area contributed by atoms with E-state index in [1.807, 2.05) is 0 Å². The van der Waals surface area contributed by atoms with Gasteiger partial charge in [0.25, 0.3) is 11.8 Å². The molecule has 2 aliphatic carbocycles. The number of aromatic hydroxyl groups is 1. The number of aliphatic carboxylic acids is 1. The number of carbonyl (C=O) groups excluding carboxylic acids is 3. The van der Waals surface area contributed by atoms with Gasteiger partial charge in [-0.2, -0.15) is 0 Å². The van der Waals surface area contributed by atoms with E-state index in [1.54, 1.807) is 0 Å². The third-order valence-electron chi connectivity index (χ3n) is 6.06. The van der Waals surface area contributed by atoms with Crippen LogP contribution in [-0.4, -0.2) is 39.0 Å². The lowest BCUT2D eigenvalue weighted by atomic mass is 9.88. The van der Waals surface area contributed by atoms with E-state index >= 15 is 0 Å². The number of allylic oxidation sites excluding steroid dienone is 2. The SMILES string of the molecule is CC1(C(=O)ON2C(=O)CCC2=O)C#CC(C(=O)O)=C(c2c3ccc(=O)cc-3oc3cc(O)ccc23)C=C1. The molecule has 37 heavy (non-hydrogen) atoms. The fourth-order valence-electron chi connectivity index (χ4n) is 4.12. The molecule has 1 atom stereocenters. The molecule has 1 fully saturated rings. The molecule has 0 spiro atoms. The third-order valence-corrected chi connectivity index (χ3v) is 6.06. The van der Waals surface area contributed by atoms with Crippen LogP contribution in [0.5, 0.6) is 5.75 Å². The molecule has 2 aliphatic heterocycles. The molecule has 184 valence electrons. The number of benzene rings is 2. The van der Waals surface area contributed by atoms with E-state index in [9.17, 15) is 34.2 Å². The van der Waals surface area contributed by atoms with Crippen molar-refractivity contribution in [1.82, 2.24) is 5.06 Å². The van der Waals surface area contributed by atoms with Gasteiger partial charge in [-0.3, -0.25) is 14.4 Å². The molecule has 10 nitrogen and oxygen atoms in total. The number of carboxylic acid groups (broad SMARTS) is 1. The number of hydrogen-bond donors (Lipinski definition) is 2. The highest BCUT2D eigenvalue weighted by Gasteiger charge is 2.39. The number of hydroxylamine groups is 2. The third kappa shape index (κ3) is 4.02. The molecule has 5 rings (SSSR count). The van der Waals surface area contributed by atoms with Crippen LogP contribution in [0.2, 0.25) is 0 Å². The second-order valence-electron chi connectivity index (χ2n) is 8.66. The van der Waals surface area contributed by atoms with Gasteiger partial charge in [-0.15, -0.1) is 5.06 Å². The number of amides is 2. The van der Waals surface area contributed by atoms with E-state index in [-0.39, 0.29) is 46.5 Å². The van der Waals surface area contributed by atoms with Gasteiger partial charge in [0, 0.05) is 47.1 Å². The molecule has 2 heterocycles. The maximum absolute atomic E-state index is 13.0. The molecule has 0 radical (unpaired) electrons. The van der Waals surface area contributed by atoms with Gasteiger partial charge in [0.15, 0.2) is 5.43 Å². The van der Waals surface area contributed by atoms with Crippen LogP contribution in [0.15, 0.2) is 63.3 Å². The van der Waals surface area contributed by atoms with Crippen LogP contribution < -0.4 is 5.43 Å². The molecule has 4 aliphatic rings. The molecule has 0 aromatic heterocycles. The Morgan fingerprint density at radius 1 is 1.08 bits per heavy atom. The van der Waals surface area contributed by atoms with Crippen LogP contribution in [0, 0.1) is 17.3 Å². The van der Waals surface area contributed by atoms with E-state index < -0.39 is 29.2 Å². The lowest BCUT2D eigenvalue weighted by Gasteiger charge is -2.20. The minimum atomic E-state index is -1.71. The number of fused-ring (bicyclic) bond motifs is 2. The number of phenols is 1. The van der Waals surface area contributed by atoms with Crippen molar-refractivity contribution in [1.29, 1.82) is 0 Å². The van der Waals surface area contributed by atoms with Gasteiger partial charge in [0.05, 0.1) is 0 Å². The Morgan fingerprint density at radius 2 is 1.81 bits per heavy atom. The van der Waals surface area contributed by atoms with Gasteiger partial charge in [-0.05, 0) is 31.2 Å². The van der Waals surface area contributed by atoms with E-state index in [4.69, 9.17) is 9.25 Å². The molecular formula is C27H17NO9. The average molecular weight is 499 g/mol. The maximum Gasteiger partial charge on any atom is 0.354 e. The second-order valence-corrected chi connectivity index (χ2v) is 8.66. The smallest absolute Gasteiger partial charge is 0.354 e. The van der Waals surface area contributed by atoms with Gasteiger partial charge in [-0.1, -0.05) is 24.0 Å². The number of carboxylic acids is 1. The number of imide groups is 1. The Balaban J connectivity index is 1.69. The summed E-state index contributed by atoms with van der Waals surface area (Å²) >= 11 is 0. The van der Waals surface area contributed by atoms with E-state index in [0.717, 1.165) is 0 Å². The second kappa shape index (κ2) is 8.49. The molecule has 0 bridgehead atoms. The first-order chi connectivity index (χ1) is 17.6. The zero-order valence-corrected chi connectivity index (χ0v) is 19.2. The zero-order chi connectivity index (χ0) is 26.5. The molecule has 0 saturated carbocycles. The number of hydrogen-bond acceptors (Lipinski definition) is 8. The lowest BCUT2D eigenvalue weighted by molar-refractivity contribution is -0.201. The van der Waals surface area contributed by atoms with Crippen LogP contribution >= 0.6 is 0 Å². The molecule has 10 heteroatoms. The predicted molar refractivity (Wildman–Crippen MR) is 128 cm³/mol. The van der Waals surface area contributed by atoms with Gasteiger partial charge in [0.2, 0.25) is 0 Å². The minimum Gasteiger partial charge on any atom is -0.508 e. The van der Waals surface area contributed by atoms with Crippen LogP contribution in [0.4, 0.5) is 0 Å². The first-order valence-electron chi connectivity index (χ1n) is 11.1. The number of nitrogens with zero attached hydrogens (tertiary/aromatic N) is 1. The Hall–Kier alpha value is -5.17. The van der Waals surface area contributed by atoms with Crippen molar-refractivity contribution in [2.24, 2.45) is 5.41 Å². The van der Waals surface area contributed by atoms with Crippen molar-refractivity contribution in [3.05, 3.63) is 69.9 Å². The summed E-state index contributed by atoms with van der Waals surface area (Å²) in [7, 11) is 0. The summed E-state index contributed by atoms with van der Waals surface area (Å²) in [4.78, 5) is 66.1. The van der Waals surface area contributed by atoms with Gasteiger partial charge in [0.1, 0.15) is 28.1 Å². The summed E-state index contributed by atoms with van der Waals surface area (Å²) in [6, 6.07) is 8.28. The summed E-state index contributed by atoms with van der Waals surface area (Å²) in [5.74, 6) is 1.43. The molecule has 2 amide bonds. The molecular weight excluding hydrogens is 482 g/mol. The minimum absolute atomic E-state index is 0.0843. The Morgan fingerprint density at radius 3 is 2.51 bits per heavy atom. The summed E-state index contributed by atoms with van der Waals surface area (Å²) in [5.41, 5.74) is -1.36. The standard InChI is InChI=1S/C27H17NO9/c1-27(26(35)37-28-22(31)6-7-23(28)32)10-8-16(17(9-11-27)25(33)34)24-18-4-2-14(29)12-20(18)36-21-13-15(30)3-5-19(21)24/h2-5,8,10,12-13,29H,6-7H2,1H3,(H,33,34). The summed E-state index contributed by atoms with van der Waals surface area (Å²) < 4.78 is 5.81. The highest BCUT2D eigenvalue weighted by molar-refractivity contribution is 6.11. The highest BCUT2D eigenvalue weighted by atomic mass is 16.7. The molecule has 1 saturated heterocycles. The fraction of sp³-hybridized carbons (Fsp3) is 0.148. The van der Waals surface area contributed by atoms with Crippen LogP contribution in [0.25, 0.3) is 27.9 Å². The lowest BCUT2D eigenvalue weighted by Crippen LogP contribution is -2.37. The number of carbonyl (C=O) groups is 4. The van der Waals surface area contributed by atoms with Crippen molar-refractivity contribution in [2.75, 3.05) is 0 Å². The summed E-state index contributed by atoms with van der Waals surface area (Å²) in [6.45, 7) is 1.37. The first-order valence-corrected chi connectivity index (χ1v) is 11.1. The predicted octanol–water partition coefficient (Wildman–Crippen LogP) is 2.63. The molecule has 1 aromatic rings. The van der Waals surface area contributed by atoms with Crippen LogP contribution in [0.3, 0.4) is 0 Å². The number of phenolic OH excluding ortho intramolecular Hbond substituents is 1. The zero-order valence-electron chi connectivity index (χ0n) is 19.2. The summed E-state index contributed by atoms with van der Waals surface area (Å²) in [5, 5.41) is 20.8. The Bertz CT molecular complexity index is 1680. The Labute approximate surface area is 208 Å². The Kier molecular flexibility index (Phi) is 5.41. The van der Waals surface area contributed by atoms with Crippen molar-refractivity contribution in [3.63, 3.8) is 0 Å². The molecule has 2 N–H and O–H groups in total. The van der Waals surface area contributed by atoms with Crippen molar-refractivity contribution in [2.45, 2.75) is 19.8 Å². The first kappa shape index (κ1) is 23.6. The van der Waals surface area contributed by atoms with E-state index in [2.05, 4.69) is 11.8 Å². The largest absolute Gasteiger partial charge is 0.508 e. The normalized spacial score (nSPS) is 19.2.